The zero-order valence-corrected chi connectivity index (χ0v) is 11.4. The molecule has 0 spiro atoms. The Labute approximate surface area is 109 Å². The fourth-order valence-electron chi connectivity index (χ4n) is 2.31. The lowest BCUT2D eigenvalue weighted by Crippen LogP contribution is -2.26. The third kappa shape index (κ3) is 3.06. The van der Waals surface area contributed by atoms with Crippen molar-refractivity contribution in [1.82, 2.24) is 14.8 Å². The molecule has 0 radical (unpaired) electrons. The summed E-state index contributed by atoms with van der Waals surface area (Å²) in [6.45, 7) is 2.29. The van der Waals surface area contributed by atoms with Crippen molar-refractivity contribution in [3.63, 3.8) is 0 Å². The van der Waals surface area contributed by atoms with Gasteiger partial charge in [0, 0.05) is 0 Å². The Morgan fingerprint density at radius 3 is 3.12 bits per heavy atom. The molecule has 0 bridgehead atoms. The lowest BCUT2D eigenvalue weighted by Gasteiger charge is -2.27. The van der Waals surface area contributed by atoms with Crippen LogP contribution in [0.25, 0.3) is 0 Å². The number of ether oxygens (including phenoxy) is 1. The van der Waals surface area contributed by atoms with Gasteiger partial charge in [-0.1, -0.05) is 6.42 Å². The Morgan fingerprint density at radius 1 is 1.65 bits per heavy atom. The number of carbonyl (C=O) groups is 1. The van der Waals surface area contributed by atoms with Gasteiger partial charge >= 0.3 is 5.97 Å². The summed E-state index contributed by atoms with van der Waals surface area (Å²) in [6.07, 6.45) is 5.51. The summed E-state index contributed by atoms with van der Waals surface area (Å²) in [4.78, 5) is 15.8. The maximum absolute atomic E-state index is 11.7. The molecule has 17 heavy (non-hydrogen) atoms. The number of rotatable bonds is 3. The van der Waals surface area contributed by atoms with Crippen LogP contribution in [0.5, 0.6) is 0 Å². The molecule has 0 saturated heterocycles. The van der Waals surface area contributed by atoms with Crippen LogP contribution in [0.3, 0.4) is 0 Å². The molecule has 6 heteroatoms. The number of hydrogen-bond acceptors (Lipinski definition) is 4. The molecule has 5 nitrogen and oxygen atoms in total. The highest BCUT2D eigenvalue weighted by Crippen LogP contribution is 2.32. The number of halogens is 1. The van der Waals surface area contributed by atoms with Crippen LogP contribution >= 0.6 is 15.9 Å². The van der Waals surface area contributed by atoms with Crippen LogP contribution < -0.4 is 0 Å². The maximum atomic E-state index is 11.7. The summed E-state index contributed by atoms with van der Waals surface area (Å²) in [7, 11) is 0. The van der Waals surface area contributed by atoms with E-state index in [0.29, 0.717) is 11.3 Å². The van der Waals surface area contributed by atoms with Gasteiger partial charge in [-0.25, -0.2) is 9.67 Å². The van der Waals surface area contributed by atoms with Crippen LogP contribution in [0.1, 0.15) is 38.6 Å². The summed E-state index contributed by atoms with van der Waals surface area (Å²) < 4.78 is 7.51. The largest absolute Gasteiger partial charge is 0.466 e. The van der Waals surface area contributed by atoms with Crippen LogP contribution in [-0.4, -0.2) is 27.3 Å². The molecule has 1 saturated carbocycles. The van der Waals surface area contributed by atoms with E-state index in [1.807, 2.05) is 11.6 Å². The average molecular weight is 302 g/mol. The van der Waals surface area contributed by atoms with Gasteiger partial charge in [-0.2, -0.15) is 0 Å². The molecule has 1 aliphatic carbocycles. The van der Waals surface area contributed by atoms with Crippen molar-refractivity contribution >= 4 is 21.9 Å². The zero-order chi connectivity index (χ0) is 12.3. The number of nitrogens with zero attached hydrogens (tertiary/aromatic N) is 3. The molecule has 0 amide bonds. The van der Waals surface area contributed by atoms with Gasteiger partial charge in [-0.3, -0.25) is 4.79 Å². The Balaban J connectivity index is 1.99. The van der Waals surface area contributed by atoms with Crippen molar-refractivity contribution in [3.8, 4) is 0 Å². The van der Waals surface area contributed by atoms with E-state index in [1.165, 1.54) is 0 Å². The summed E-state index contributed by atoms with van der Waals surface area (Å²) in [5, 5.41) is 4.24. The monoisotopic (exact) mass is 301 g/mol. The molecule has 1 fully saturated rings. The minimum absolute atomic E-state index is 0.0108. The Morgan fingerprint density at radius 2 is 2.47 bits per heavy atom. The van der Waals surface area contributed by atoms with Crippen molar-refractivity contribution < 1.29 is 9.53 Å². The van der Waals surface area contributed by atoms with Crippen LogP contribution in [0.15, 0.2) is 11.1 Å². The predicted octanol–water partition coefficient (Wildman–Crippen LogP) is 2.33. The van der Waals surface area contributed by atoms with Gasteiger partial charge < -0.3 is 4.74 Å². The summed E-state index contributed by atoms with van der Waals surface area (Å²) in [5.74, 6) is -0.0620. The van der Waals surface area contributed by atoms with Crippen molar-refractivity contribution in [3.05, 3.63) is 11.1 Å². The van der Waals surface area contributed by atoms with Crippen molar-refractivity contribution in [2.45, 2.75) is 38.6 Å². The first kappa shape index (κ1) is 12.5. The van der Waals surface area contributed by atoms with Crippen LogP contribution in [0.4, 0.5) is 0 Å². The molecule has 1 aromatic heterocycles. The summed E-state index contributed by atoms with van der Waals surface area (Å²) >= 11 is 3.23. The molecule has 1 aromatic rings. The van der Waals surface area contributed by atoms with Gasteiger partial charge in [0.25, 0.3) is 0 Å². The molecule has 0 aliphatic heterocycles. The molecule has 2 unspecified atom stereocenters. The first-order valence-corrected chi connectivity index (χ1v) is 6.73. The molecule has 1 aliphatic rings. The third-order valence-corrected chi connectivity index (χ3v) is 3.48. The summed E-state index contributed by atoms with van der Waals surface area (Å²) in [5.41, 5.74) is 0. The Bertz CT molecular complexity index is 394. The van der Waals surface area contributed by atoms with E-state index in [-0.39, 0.29) is 17.9 Å². The van der Waals surface area contributed by atoms with Gasteiger partial charge in [0.05, 0.1) is 18.6 Å². The van der Waals surface area contributed by atoms with E-state index in [0.717, 1.165) is 25.7 Å². The standard InChI is InChI=1S/C11H16BrN3O2/c1-2-17-10(16)8-4-3-5-9(6-8)15-7-13-11(12)14-15/h7-9H,2-6H2,1H3. The van der Waals surface area contributed by atoms with Crippen LogP contribution in [0, 0.1) is 5.92 Å². The molecular weight excluding hydrogens is 286 g/mol. The second-order valence-corrected chi connectivity index (χ2v) is 4.97. The second-order valence-electron chi connectivity index (χ2n) is 4.26. The molecular formula is C11H16BrN3O2. The highest BCUT2D eigenvalue weighted by atomic mass is 79.9. The minimum atomic E-state index is -0.0728. The zero-order valence-electron chi connectivity index (χ0n) is 9.80. The number of esters is 1. The fraction of sp³-hybridized carbons (Fsp3) is 0.727. The average Bonchev–Trinajstić information content (AvgIpc) is 2.76. The Kier molecular flexibility index (Phi) is 4.15. The molecule has 2 rings (SSSR count). The fourth-order valence-corrected chi connectivity index (χ4v) is 2.58. The second kappa shape index (κ2) is 5.62. The maximum Gasteiger partial charge on any atom is 0.308 e. The minimum Gasteiger partial charge on any atom is -0.466 e. The highest BCUT2D eigenvalue weighted by molar-refractivity contribution is 9.10. The third-order valence-electron chi connectivity index (χ3n) is 3.12. The molecule has 0 N–H and O–H groups in total. The molecule has 94 valence electrons. The van der Waals surface area contributed by atoms with E-state index in [1.54, 1.807) is 6.33 Å². The van der Waals surface area contributed by atoms with Gasteiger partial charge in [0.1, 0.15) is 6.33 Å². The van der Waals surface area contributed by atoms with Gasteiger partial charge in [-0.15, -0.1) is 5.10 Å². The predicted molar refractivity (Wildman–Crippen MR) is 65.4 cm³/mol. The van der Waals surface area contributed by atoms with Gasteiger partial charge in [0.2, 0.25) is 4.73 Å². The van der Waals surface area contributed by atoms with Gasteiger partial charge in [-0.05, 0) is 42.1 Å². The smallest absolute Gasteiger partial charge is 0.308 e. The van der Waals surface area contributed by atoms with E-state index in [9.17, 15) is 4.79 Å². The lowest BCUT2D eigenvalue weighted by molar-refractivity contribution is -0.149. The van der Waals surface area contributed by atoms with Crippen molar-refractivity contribution in [2.75, 3.05) is 6.61 Å². The number of aromatic nitrogens is 3. The van der Waals surface area contributed by atoms with Gasteiger partial charge in [0.15, 0.2) is 0 Å². The number of carbonyl (C=O) groups excluding carboxylic acids is 1. The molecule has 0 aromatic carbocycles. The van der Waals surface area contributed by atoms with E-state index in [4.69, 9.17) is 4.74 Å². The van der Waals surface area contributed by atoms with Crippen molar-refractivity contribution in [2.24, 2.45) is 5.92 Å². The first-order valence-electron chi connectivity index (χ1n) is 5.94. The topological polar surface area (TPSA) is 57.0 Å². The van der Waals surface area contributed by atoms with Crippen molar-refractivity contribution in [1.29, 1.82) is 0 Å². The van der Waals surface area contributed by atoms with Crippen LogP contribution in [0.2, 0.25) is 0 Å². The number of hydrogen-bond donors (Lipinski definition) is 0. The molecule has 1 heterocycles. The van der Waals surface area contributed by atoms with E-state index < -0.39 is 0 Å². The Hall–Kier alpha value is -0.910. The van der Waals surface area contributed by atoms with E-state index in [2.05, 4.69) is 26.0 Å². The summed E-state index contributed by atoms with van der Waals surface area (Å²) in [6, 6.07) is 0.261. The quantitative estimate of drug-likeness (QED) is 0.804. The normalized spacial score (nSPS) is 24.6. The lowest BCUT2D eigenvalue weighted by atomic mass is 9.86. The van der Waals surface area contributed by atoms with E-state index >= 15 is 0 Å². The first-order chi connectivity index (χ1) is 8.20. The van der Waals surface area contributed by atoms with Crippen LogP contribution in [-0.2, 0) is 9.53 Å². The SMILES string of the molecule is CCOC(=O)C1CCCC(n2cnc(Br)n2)C1. The highest BCUT2D eigenvalue weighted by Gasteiger charge is 2.29. The molecule has 2 atom stereocenters.